The lowest BCUT2D eigenvalue weighted by Crippen LogP contribution is -2.18. The third-order valence-electron chi connectivity index (χ3n) is 6.47. The van der Waals surface area contributed by atoms with Gasteiger partial charge in [-0.05, 0) is 62.9 Å². The number of carbonyl (C=O) groups is 1. The summed E-state index contributed by atoms with van der Waals surface area (Å²) in [6, 6.07) is 16.4. The molecule has 3 aromatic rings. The third-order valence-corrected chi connectivity index (χ3v) is 6.47. The summed E-state index contributed by atoms with van der Waals surface area (Å²) in [5, 5.41) is 13.8. The summed E-state index contributed by atoms with van der Waals surface area (Å²) in [5.74, 6) is 0.806. The Balaban J connectivity index is 1.53. The minimum atomic E-state index is -0.482. The molecule has 1 aliphatic heterocycles. The van der Waals surface area contributed by atoms with Crippen LogP contribution in [0.15, 0.2) is 42.5 Å². The minimum Gasteiger partial charge on any atom is -0.488 e. The van der Waals surface area contributed by atoms with E-state index in [-0.39, 0.29) is 12.2 Å². The van der Waals surface area contributed by atoms with Crippen LogP contribution in [0.25, 0.3) is 22.2 Å². The van der Waals surface area contributed by atoms with Crippen molar-refractivity contribution in [2.24, 2.45) is 0 Å². The van der Waals surface area contributed by atoms with Crippen molar-refractivity contribution in [3.05, 3.63) is 48.0 Å². The Morgan fingerprint density at radius 3 is 2.59 bits per heavy atom. The molecule has 34 heavy (non-hydrogen) atoms. The number of anilines is 1. The van der Waals surface area contributed by atoms with Gasteiger partial charge in [-0.15, -0.1) is 0 Å². The van der Waals surface area contributed by atoms with Crippen molar-refractivity contribution < 1.29 is 19.0 Å². The number of nitrogens with one attached hydrogen (secondary N) is 1. The molecular formula is C27H29N3O4. The summed E-state index contributed by atoms with van der Waals surface area (Å²) in [6.07, 6.45) is 3.65. The van der Waals surface area contributed by atoms with Crippen molar-refractivity contribution in [2.75, 3.05) is 18.5 Å². The Bertz CT molecular complexity index is 1230. The van der Waals surface area contributed by atoms with Gasteiger partial charge in [0.25, 0.3) is 0 Å². The number of hydrogen-bond acceptors (Lipinski definition) is 5. The van der Waals surface area contributed by atoms with Crippen LogP contribution in [0.5, 0.6) is 5.75 Å². The summed E-state index contributed by atoms with van der Waals surface area (Å²) in [7, 11) is 0. The number of ether oxygens (including phenoxy) is 3. The molecule has 2 aromatic carbocycles. The molecule has 0 radical (unpaired) electrons. The van der Waals surface area contributed by atoms with Gasteiger partial charge in [0.2, 0.25) is 0 Å². The van der Waals surface area contributed by atoms with Gasteiger partial charge in [0.15, 0.2) is 0 Å². The molecule has 2 heterocycles. The average Bonchev–Trinajstić information content (AvgIpc) is 3.39. The van der Waals surface area contributed by atoms with Gasteiger partial charge in [-0.1, -0.05) is 12.1 Å². The molecule has 1 amide bonds. The van der Waals surface area contributed by atoms with Crippen LogP contribution in [0.4, 0.5) is 10.5 Å². The predicted molar refractivity (Wildman–Crippen MR) is 130 cm³/mol. The molecule has 5 rings (SSSR count). The highest BCUT2D eigenvalue weighted by Gasteiger charge is 2.28. The Morgan fingerprint density at radius 2 is 1.97 bits per heavy atom. The van der Waals surface area contributed by atoms with Crippen LogP contribution in [-0.2, 0) is 9.47 Å². The van der Waals surface area contributed by atoms with Crippen LogP contribution >= 0.6 is 0 Å². The SMILES string of the molecule is CC(C)OC(=O)Nc1ccc(-c2c(C#N)c3ccc(O[C@@H]4CCOC4)cc3n2C2CCC2)cc1. The maximum absolute atomic E-state index is 11.9. The van der Waals surface area contributed by atoms with Gasteiger partial charge in [0, 0.05) is 29.6 Å². The summed E-state index contributed by atoms with van der Waals surface area (Å²) < 4.78 is 19.1. The summed E-state index contributed by atoms with van der Waals surface area (Å²) in [4.78, 5) is 11.9. The van der Waals surface area contributed by atoms with Gasteiger partial charge in [0.1, 0.15) is 17.9 Å². The van der Waals surface area contributed by atoms with Crippen molar-refractivity contribution in [3.8, 4) is 23.1 Å². The maximum atomic E-state index is 11.9. The number of amides is 1. The largest absolute Gasteiger partial charge is 0.488 e. The zero-order valence-corrected chi connectivity index (χ0v) is 19.5. The summed E-state index contributed by atoms with van der Waals surface area (Å²) in [6.45, 7) is 4.96. The van der Waals surface area contributed by atoms with Crippen LogP contribution in [0.2, 0.25) is 0 Å². The quantitative estimate of drug-likeness (QED) is 0.486. The molecule has 1 aromatic heterocycles. The molecule has 0 spiro atoms. The van der Waals surface area contributed by atoms with Gasteiger partial charge in [-0.25, -0.2) is 4.79 Å². The molecule has 1 saturated carbocycles. The lowest BCUT2D eigenvalue weighted by molar-refractivity contribution is 0.130. The van der Waals surface area contributed by atoms with E-state index >= 15 is 0 Å². The highest BCUT2D eigenvalue weighted by molar-refractivity contribution is 5.96. The zero-order valence-electron chi connectivity index (χ0n) is 19.5. The van der Waals surface area contributed by atoms with Crippen molar-refractivity contribution in [1.29, 1.82) is 5.26 Å². The topological polar surface area (TPSA) is 85.5 Å². The molecule has 0 unspecified atom stereocenters. The third kappa shape index (κ3) is 4.34. The van der Waals surface area contributed by atoms with Crippen LogP contribution in [0.1, 0.15) is 51.1 Å². The smallest absolute Gasteiger partial charge is 0.411 e. The average molecular weight is 460 g/mol. The molecule has 2 aliphatic rings. The first kappa shape index (κ1) is 22.3. The van der Waals surface area contributed by atoms with Gasteiger partial charge in [-0.3, -0.25) is 5.32 Å². The monoisotopic (exact) mass is 459 g/mol. The number of carbonyl (C=O) groups excluding carboxylic acids is 1. The van der Waals surface area contributed by atoms with E-state index in [1.54, 1.807) is 0 Å². The van der Waals surface area contributed by atoms with Crippen molar-refractivity contribution in [2.45, 2.75) is 57.8 Å². The maximum Gasteiger partial charge on any atom is 0.411 e. The Kier molecular flexibility index (Phi) is 6.16. The highest BCUT2D eigenvalue weighted by atomic mass is 16.6. The lowest BCUT2D eigenvalue weighted by Gasteiger charge is -2.30. The fourth-order valence-electron chi connectivity index (χ4n) is 4.66. The Labute approximate surface area is 199 Å². The molecule has 1 aliphatic carbocycles. The van der Waals surface area contributed by atoms with Crippen LogP contribution in [0.3, 0.4) is 0 Å². The Hall–Kier alpha value is -3.50. The number of nitriles is 1. The van der Waals surface area contributed by atoms with Crippen molar-refractivity contribution in [3.63, 3.8) is 0 Å². The predicted octanol–water partition coefficient (Wildman–Crippen LogP) is 6.03. The van der Waals surface area contributed by atoms with E-state index in [4.69, 9.17) is 14.2 Å². The van der Waals surface area contributed by atoms with Gasteiger partial charge in [-0.2, -0.15) is 5.26 Å². The van der Waals surface area contributed by atoms with Gasteiger partial charge >= 0.3 is 6.09 Å². The van der Waals surface area contributed by atoms with E-state index in [0.29, 0.717) is 23.9 Å². The standard InChI is InChI=1S/C27H29N3O4/c1-17(2)33-27(31)29-19-8-6-18(7-9-19)26-24(15-28)23-11-10-21(34-22-12-13-32-16-22)14-25(23)30(26)20-4-3-5-20/h6-11,14,17,20,22H,3-5,12-13,16H2,1-2H3,(H,29,31)/t22-/m1/s1. The van der Waals surface area contributed by atoms with E-state index < -0.39 is 6.09 Å². The first-order valence-corrected chi connectivity index (χ1v) is 11.9. The number of rotatable bonds is 6. The normalized spacial score (nSPS) is 18.0. The van der Waals surface area contributed by atoms with E-state index in [1.807, 2.05) is 50.2 Å². The van der Waals surface area contributed by atoms with E-state index in [9.17, 15) is 10.1 Å². The van der Waals surface area contributed by atoms with Crippen LogP contribution in [-0.4, -0.2) is 36.1 Å². The number of benzene rings is 2. The second-order valence-corrected chi connectivity index (χ2v) is 9.23. The summed E-state index contributed by atoms with van der Waals surface area (Å²) >= 11 is 0. The molecule has 1 atom stereocenters. The zero-order chi connectivity index (χ0) is 23.7. The lowest BCUT2D eigenvalue weighted by atomic mass is 9.92. The van der Waals surface area contributed by atoms with Crippen LogP contribution in [0, 0.1) is 11.3 Å². The molecule has 0 bridgehead atoms. The van der Waals surface area contributed by atoms with E-state index in [2.05, 4.69) is 22.0 Å². The van der Waals surface area contributed by atoms with E-state index in [1.165, 1.54) is 6.42 Å². The first-order valence-electron chi connectivity index (χ1n) is 11.9. The molecule has 7 heteroatoms. The number of aromatic nitrogens is 1. The molecular weight excluding hydrogens is 430 g/mol. The second-order valence-electron chi connectivity index (χ2n) is 9.23. The second kappa shape index (κ2) is 9.40. The fourth-order valence-corrected chi connectivity index (χ4v) is 4.66. The molecule has 1 N–H and O–H groups in total. The van der Waals surface area contributed by atoms with Crippen molar-refractivity contribution >= 4 is 22.7 Å². The highest BCUT2D eigenvalue weighted by Crippen LogP contribution is 2.43. The Morgan fingerprint density at radius 1 is 1.18 bits per heavy atom. The molecule has 176 valence electrons. The van der Waals surface area contributed by atoms with Crippen molar-refractivity contribution in [1.82, 2.24) is 4.57 Å². The van der Waals surface area contributed by atoms with Gasteiger partial charge < -0.3 is 18.8 Å². The fraction of sp³-hybridized carbons (Fsp3) is 0.407. The van der Waals surface area contributed by atoms with Crippen LogP contribution < -0.4 is 10.1 Å². The van der Waals surface area contributed by atoms with E-state index in [0.717, 1.165) is 53.8 Å². The molecule has 7 nitrogen and oxygen atoms in total. The number of hydrogen-bond donors (Lipinski definition) is 1. The molecule has 2 fully saturated rings. The number of fused-ring (bicyclic) bond motifs is 1. The summed E-state index contributed by atoms with van der Waals surface area (Å²) in [5.41, 5.74) is 4.19. The first-order chi connectivity index (χ1) is 16.5. The minimum absolute atomic E-state index is 0.0712. The molecule has 1 saturated heterocycles. The number of nitrogens with zero attached hydrogens (tertiary/aromatic N) is 2. The van der Waals surface area contributed by atoms with Gasteiger partial charge in [0.05, 0.1) is 36.1 Å².